The molecule has 1 unspecified atom stereocenters. The second-order valence-corrected chi connectivity index (χ2v) is 10.1. The lowest BCUT2D eigenvalue weighted by Gasteiger charge is -2.36. The summed E-state index contributed by atoms with van der Waals surface area (Å²) in [5.41, 5.74) is -2.03. The summed E-state index contributed by atoms with van der Waals surface area (Å²) in [4.78, 5) is 30.3. The predicted octanol–water partition coefficient (Wildman–Crippen LogP) is 3.11. The molecule has 34 heavy (non-hydrogen) atoms. The van der Waals surface area contributed by atoms with Gasteiger partial charge in [-0.1, -0.05) is 30.3 Å². The number of hydrogen-bond acceptors (Lipinski definition) is 5. The summed E-state index contributed by atoms with van der Waals surface area (Å²) >= 11 is 0. The molecule has 2 amide bonds. The summed E-state index contributed by atoms with van der Waals surface area (Å²) in [6.07, 6.45) is -5.24. The maximum Gasteiger partial charge on any atom is 0.410 e. The number of hydrogen-bond donors (Lipinski definition) is 1. The zero-order valence-corrected chi connectivity index (χ0v) is 20.2. The summed E-state index contributed by atoms with van der Waals surface area (Å²) in [7, 11) is 0. The fourth-order valence-electron chi connectivity index (χ4n) is 4.39. The molecule has 2 saturated heterocycles. The van der Waals surface area contributed by atoms with Gasteiger partial charge in [-0.15, -0.1) is 0 Å². The minimum absolute atomic E-state index is 0.127. The fraction of sp³-hybridized carbons (Fsp3) is 0.667. The Morgan fingerprint density at radius 3 is 2.24 bits per heavy atom. The number of piperazine rings is 1. The van der Waals surface area contributed by atoms with Gasteiger partial charge in [0.05, 0.1) is 0 Å². The molecule has 10 heteroatoms. The van der Waals surface area contributed by atoms with Crippen molar-refractivity contribution in [1.82, 2.24) is 20.0 Å². The summed E-state index contributed by atoms with van der Waals surface area (Å²) in [6.45, 7) is 8.34. The number of benzene rings is 1. The van der Waals surface area contributed by atoms with Crippen molar-refractivity contribution in [2.45, 2.75) is 45.5 Å². The molecule has 2 fully saturated rings. The van der Waals surface area contributed by atoms with Gasteiger partial charge < -0.3 is 15.0 Å². The number of alkyl halides is 3. The van der Waals surface area contributed by atoms with Crippen LogP contribution < -0.4 is 5.32 Å². The Kier molecular flexibility index (Phi) is 8.13. The average Bonchev–Trinajstić information content (AvgIpc) is 3.19. The highest BCUT2D eigenvalue weighted by atomic mass is 19.4. The van der Waals surface area contributed by atoms with Gasteiger partial charge in [-0.05, 0) is 39.3 Å². The van der Waals surface area contributed by atoms with Crippen LogP contribution in [0.15, 0.2) is 30.3 Å². The number of amides is 2. The first-order chi connectivity index (χ1) is 15.9. The number of carbonyl (C=O) groups is 2. The Balaban J connectivity index is 1.48. The van der Waals surface area contributed by atoms with Gasteiger partial charge in [0.1, 0.15) is 5.60 Å². The van der Waals surface area contributed by atoms with Gasteiger partial charge in [0.15, 0.2) is 5.41 Å². The Morgan fingerprint density at radius 1 is 1.00 bits per heavy atom. The number of ether oxygens (including phenoxy) is 1. The number of likely N-dealkylation sites (tertiary alicyclic amines) is 1. The Bertz CT molecular complexity index is 836. The van der Waals surface area contributed by atoms with Crippen molar-refractivity contribution in [1.29, 1.82) is 0 Å². The van der Waals surface area contributed by atoms with E-state index in [0.29, 0.717) is 39.3 Å². The van der Waals surface area contributed by atoms with E-state index in [1.165, 1.54) is 0 Å². The third-order valence-electron chi connectivity index (χ3n) is 6.31. The molecule has 190 valence electrons. The summed E-state index contributed by atoms with van der Waals surface area (Å²) in [5.74, 6) is -0.956. The molecule has 0 saturated carbocycles. The molecule has 1 aromatic rings. The van der Waals surface area contributed by atoms with E-state index in [0.717, 1.165) is 5.56 Å². The van der Waals surface area contributed by atoms with Gasteiger partial charge in [0.2, 0.25) is 5.91 Å². The number of nitrogens with zero attached hydrogens (tertiary/aromatic N) is 3. The van der Waals surface area contributed by atoms with Crippen LogP contribution in [0, 0.1) is 5.41 Å². The third kappa shape index (κ3) is 6.63. The molecule has 0 bridgehead atoms. The van der Waals surface area contributed by atoms with Gasteiger partial charge in [0.25, 0.3) is 0 Å². The van der Waals surface area contributed by atoms with Crippen LogP contribution in [0.2, 0.25) is 0 Å². The maximum absolute atomic E-state index is 14.0. The van der Waals surface area contributed by atoms with Crippen LogP contribution in [-0.4, -0.2) is 90.8 Å². The smallest absolute Gasteiger partial charge is 0.410 e. The van der Waals surface area contributed by atoms with E-state index in [-0.39, 0.29) is 32.1 Å². The average molecular weight is 485 g/mol. The van der Waals surface area contributed by atoms with Crippen molar-refractivity contribution in [2.24, 2.45) is 5.41 Å². The molecule has 0 spiro atoms. The highest BCUT2D eigenvalue weighted by molar-refractivity contribution is 5.84. The fourth-order valence-corrected chi connectivity index (χ4v) is 4.39. The molecule has 2 aliphatic rings. The zero-order valence-electron chi connectivity index (χ0n) is 20.2. The van der Waals surface area contributed by atoms with Crippen molar-refractivity contribution in [3.63, 3.8) is 0 Å². The molecule has 1 atom stereocenters. The first-order valence-electron chi connectivity index (χ1n) is 11.7. The normalized spacial score (nSPS) is 22.6. The van der Waals surface area contributed by atoms with E-state index in [1.54, 1.807) is 9.80 Å². The molecule has 0 radical (unpaired) electrons. The van der Waals surface area contributed by atoms with Gasteiger partial charge in [-0.2, -0.15) is 13.2 Å². The zero-order chi connectivity index (χ0) is 25.0. The van der Waals surface area contributed by atoms with Gasteiger partial charge >= 0.3 is 12.3 Å². The maximum atomic E-state index is 14.0. The van der Waals surface area contributed by atoms with Crippen molar-refractivity contribution in [3.8, 4) is 0 Å². The monoisotopic (exact) mass is 484 g/mol. The number of carbonyl (C=O) groups excluding carboxylic acids is 2. The standard InChI is InChI=1S/C24H35F3N4O3/c1-22(2,3)34-21(33)31-15-13-29(14-16-31)12-10-28-20(32)23(24(25,26)27)9-11-30(18-23)17-19-7-5-4-6-8-19/h4-8H,9-18H2,1-3H3,(H,28,32). The second kappa shape index (κ2) is 10.5. The van der Waals surface area contributed by atoms with Crippen molar-refractivity contribution in [2.75, 3.05) is 52.4 Å². The van der Waals surface area contributed by atoms with Gasteiger partial charge in [-0.25, -0.2) is 4.79 Å². The van der Waals surface area contributed by atoms with Crippen molar-refractivity contribution < 1.29 is 27.5 Å². The van der Waals surface area contributed by atoms with E-state index in [2.05, 4.69) is 5.32 Å². The third-order valence-corrected chi connectivity index (χ3v) is 6.31. The minimum Gasteiger partial charge on any atom is -0.444 e. The number of halogens is 3. The van der Waals surface area contributed by atoms with Crippen LogP contribution in [0.1, 0.15) is 32.8 Å². The predicted molar refractivity (Wildman–Crippen MR) is 122 cm³/mol. The number of rotatable bonds is 6. The van der Waals surface area contributed by atoms with E-state index in [1.807, 2.05) is 56.0 Å². The molecule has 0 aromatic heterocycles. The molecular weight excluding hydrogens is 449 g/mol. The van der Waals surface area contributed by atoms with E-state index >= 15 is 0 Å². The Morgan fingerprint density at radius 2 is 1.65 bits per heavy atom. The molecule has 7 nitrogen and oxygen atoms in total. The summed E-state index contributed by atoms with van der Waals surface area (Å²) < 4.78 is 47.5. The quantitative estimate of drug-likeness (QED) is 0.672. The molecule has 1 N–H and O–H groups in total. The lowest BCUT2D eigenvalue weighted by Crippen LogP contribution is -2.54. The lowest BCUT2D eigenvalue weighted by atomic mass is 9.85. The Labute approximate surface area is 199 Å². The molecule has 0 aliphatic carbocycles. The first-order valence-corrected chi connectivity index (χ1v) is 11.7. The molecule has 1 aromatic carbocycles. The highest BCUT2D eigenvalue weighted by Gasteiger charge is 2.62. The second-order valence-electron chi connectivity index (χ2n) is 10.1. The van der Waals surface area contributed by atoms with Crippen molar-refractivity contribution >= 4 is 12.0 Å². The van der Waals surface area contributed by atoms with Crippen LogP contribution in [0.4, 0.5) is 18.0 Å². The van der Waals surface area contributed by atoms with Crippen LogP contribution in [0.5, 0.6) is 0 Å². The number of nitrogens with one attached hydrogen (secondary N) is 1. The van der Waals surface area contributed by atoms with Gasteiger partial charge in [-0.3, -0.25) is 14.6 Å². The highest BCUT2D eigenvalue weighted by Crippen LogP contribution is 2.46. The SMILES string of the molecule is CC(C)(C)OC(=O)N1CCN(CCNC(=O)C2(C(F)(F)F)CCN(Cc3ccccc3)C2)CC1. The summed E-state index contributed by atoms with van der Waals surface area (Å²) in [6, 6.07) is 9.30. The largest absolute Gasteiger partial charge is 0.444 e. The molecule has 3 rings (SSSR count). The lowest BCUT2D eigenvalue weighted by molar-refractivity contribution is -0.218. The molecule has 2 aliphatic heterocycles. The summed E-state index contributed by atoms with van der Waals surface area (Å²) in [5, 5.41) is 2.54. The van der Waals surface area contributed by atoms with Crippen LogP contribution >= 0.6 is 0 Å². The minimum atomic E-state index is -4.62. The van der Waals surface area contributed by atoms with Crippen molar-refractivity contribution in [3.05, 3.63) is 35.9 Å². The first kappa shape index (κ1) is 26.3. The van der Waals surface area contributed by atoms with Crippen LogP contribution in [0.3, 0.4) is 0 Å². The van der Waals surface area contributed by atoms with Crippen LogP contribution in [0.25, 0.3) is 0 Å². The van der Waals surface area contributed by atoms with E-state index in [4.69, 9.17) is 4.74 Å². The topological polar surface area (TPSA) is 65.1 Å². The Hall–Kier alpha value is -2.33. The van der Waals surface area contributed by atoms with Gasteiger partial charge in [0, 0.05) is 52.4 Å². The van der Waals surface area contributed by atoms with Crippen LogP contribution in [-0.2, 0) is 16.1 Å². The van der Waals surface area contributed by atoms with E-state index in [9.17, 15) is 22.8 Å². The molecule has 2 heterocycles. The van der Waals surface area contributed by atoms with E-state index < -0.39 is 23.1 Å². The molecular formula is C24H35F3N4O3.